The maximum absolute atomic E-state index is 12.3. The second-order valence-corrected chi connectivity index (χ2v) is 7.68. The zero-order valence-corrected chi connectivity index (χ0v) is 16.2. The van der Waals surface area contributed by atoms with E-state index in [-0.39, 0.29) is 37.0 Å². The minimum Gasteiger partial charge on any atom is -0.489 e. The number of halogens is 1. The van der Waals surface area contributed by atoms with Crippen molar-refractivity contribution in [3.05, 3.63) is 28.8 Å². The number of aliphatic hydroxyl groups excluding tert-OH is 1. The van der Waals surface area contributed by atoms with Crippen LogP contribution < -0.4 is 10.1 Å². The largest absolute Gasteiger partial charge is 0.489 e. The predicted molar refractivity (Wildman–Crippen MR) is 103 cm³/mol. The molecule has 0 atom stereocenters. The second-order valence-electron chi connectivity index (χ2n) is 7.27. The predicted octanol–water partition coefficient (Wildman–Crippen LogP) is 2.76. The van der Waals surface area contributed by atoms with Gasteiger partial charge >= 0.3 is 0 Å². The van der Waals surface area contributed by atoms with Crippen molar-refractivity contribution in [2.24, 2.45) is 0 Å². The molecule has 2 fully saturated rings. The third kappa shape index (κ3) is 5.36. The summed E-state index contributed by atoms with van der Waals surface area (Å²) in [6, 6.07) is 5.41. The zero-order valence-electron chi connectivity index (χ0n) is 15.5. The van der Waals surface area contributed by atoms with E-state index in [0.717, 1.165) is 25.7 Å². The molecule has 1 aromatic rings. The molecule has 1 aliphatic carbocycles. The lowest BCUT2D eigenvalue weighted by atomic mass is 10.1. The van der Waals surface area contributed by atoms with Crippen molar-refractivity contribution < 1.29 is 19.4 Å². The van der Waals surface area contributed by atoms with Gasteiger partial charge in [0.05, 0.1) is 11.6 Å². The van der Waals surface area contributed by atoms with Crippen LogP contribution in [0.25, 0.3) is 0 Å². The molecule has 0 bridgehead atoms. The van der Waals surface area contributed by atoms with Gasteiger partial charge in [0.2, 0.25) is 5.91 Å². The molecule has 3 rings (SSSR count). The van der Waals surface area contributed by atoms with Crippen LogP contribution in [-0.2, 0) is 4.79 Å². The van der Waals surface area contributed by atoms with Crippen LogP contribution in [0.4, 0.5) is 0 Å². The van der Waals surface area contributed by atoms with Crippen LogP contribution in [0, 0.1) is 0 Å². The van der Waals surface area contributed by atoms with Crippen molar-refractivity contribution in [3.63, 3.8) is 0 Å². The summed E-state index contributed by atoms with van der Waals surface area (Å²) in [7, 11) is 0. The highest BCUT2D eigenvalue weighted by Crippen LogP contribution is 2.29. The first-order valence-electron chi connectivity index (χ1n) is 9.72. The first-order valence-corrected chi connectivity index (χ1v) is 10.1. The van der Waals surface area contributed by atoms with Crippen LogP contribution in [0.15, 0.2) is 18.2 Å². The molecular weight excluding hydrogens is 368 g/mol. The molecule has 1 saturated heterocycles. The Morgan fingerprint density at radius 3 is 2.52 bits per heavy atom. The lowest BCUT2D eigenvalue weighted by Gasteiger charge is -2.32. The number of benzene rings is 1. The van der Waals surface area contributed by atoms with E-state index in [2.05, 4.69) is 5.32 Å². The van der Waals surface area contributed by atoms with E-state index in [0.29, 0.717) is 29.4 Å². The fourth-order valence-electron chi connectivity index (χ4n) is 3.73. The first kappa shape index (κ1) is 20.0. The number of carbonyl (C=O) groups is 2. The molecule has 1 saturated carbocycles. The maximum atomic E-state index is 12.3. The van der Waals surface area contributed by atoms with E-state index in [1.54, 1.807) is 23.1 Å². The summed E-state index contributed by atoms with van der Waals surface area (Å²) in [6.45, 7) is 1.11. The summed E-state index contributed by atoms with van der Waals surface area (Å²) < 4.78 is 5.99. The fraction of sp³-hybridized carbons (Fsp3) is 0.600. The number of hydrogen-bond donors (Lipinski definition) is 2. The van der Waals surface area contributed by atoms with Gasteiger partial charge in [-0.2, -0.15) is 0 Å². The van der Waals surface area contributed by atoms with Gasteiger partial charge in [-0.25, -0.2) is 0 Å². The smallest absolute Gasteiger partial charge is 0.251 e. The molecule has 1 aromatic carbocycles. The Balaban J connectivity index is 1.52. The molecule has 0 radical (unpaired) electrons. The Morgan fingerprint density at radius 1 is 1.19 bits per heavy atom. The third-order valence-electron chi connectivity index (χ3n) is 5.30. The van der Waals surface area contributed by atoms with Crippen LogP contribution in [0.1, 0.15) is 55.3 Å². The van der Waals surface area contributed by atoms with E-state index in [9.17, 15) is 9.59 Å². The molecule has 0 aromatic heterocycles. The number of aliphatic hydroxyl groups is 1. The average molecular weight is 395 g/mol. The van der Waals surface area contributed by atoms with Crippen molar-refractivity contribution >= 4 is 23.4 Å². The number of hydrogen-bond acceptors (Lipinski definition) is 4. The van der Waals surface area contributed by atoms with Crippen LogP contribution in [0.5, 0.6) is 5.75 Å². The van der Waals surface area contributed by atoms with Gasteiger partial charge < -0.3 is 20.1 Å². The number of nitrogens with zero attached hydrogens (tertiary/aromatic N) is 1. The van der Waals surface area contributed by atoms with Crippen LogP contribution >= 0.6 is 11.6 Å². The Morgan fingerprint density at radius 2 is 1.89 bits per heavy atom. The molecule has 0 spiro atoms. The lowest BCUT2D eigenvalue weighted by Crippen LogP contribution is -2.42. The molecule has 6 nitrogen and oxygen atoms in total. The van der Waals surface area contributed by atoms with E-state index in [1.807, 2.05) is 0 Å². The van der Waals surface area contributed by atoms with Crippen LogP contribution in [0.3, 0.4) is 0 Å². The van der Waals surface area contributed by atoms with Gasteiger partial charge in [0.15, 0.2) is 0 Å². The molecular formula is C20H27ClN2O4. The summed E-state index contributed by atoms with van der Waals surface area (Å²) in [5, 5.41) is 12.3. The average Bonchev–Trinajstić information content (AvgIpc) is 3.17. The number of likely N-dealkylation sites (tertiary alicyclic amines) is 1. The fourth-order valence-corrected chi connectivity index (χ4v) is 3.96. The molecule has 0 unspecified atom stereocenters. The molecule has 1 heterocycles. The Bertz CT molecular complexity index is 668. The van der Waals surface area contributed by atoms with E-state index in [1.165, 1.54) is 12.8 Å². The minimum atomic E-state index is -0.120. The van der Waals surface area contributed by atoms with Gasteiger partial charge in [0.25, 0.3) is 5.91 Å². The van der Waals surface area contributed by atoms with Crippen LogP contribution in [0.2, 0.25) is 5.02 Å². The summed E-state index contributed by atoms with van der Waals surface area (Å²) in [6.07, 6.45) is 6.02. The highest BCUT2D eigenvalue weighted by atomic mass is 35.5. The third-order valence-corrected chi connectivity index (χ3v) is 5.59. The van der Waals surface area contributed by atoms with Crippen molar-refractivity contribution in [3.8, 4) is 5.75 Å². The standard InChI is InChI=1S/C20H27ClN2O4/c21-17-13-14(20(26)22-15-3-1-2-4-15)5-6-18(17)27-16-7-10-23(11-8-16)19(25)9-12-24/h5-6,13,15-16,24H,1-4,7-12H2,(H,22,26). The number of rotatable bonds is 6. The maximum Gasteiger partial charge on any atom is 0.251 e. The van der Waals surface area contributed by atoms with Crippen molar-refractivity contribution in [1.82, 2.24) is 10.2 Å². The van der Waals surface area contributed by atoms with E-state index < -0.39 is 0 Å². The first-order chi connectivity index (χ1) is 13.1. The number of amides is 2. The minimum absolute atomic E-state index is 0.0150. The van der Waals surface area contributed by atoms with Gasteiger partial charge in [0.1, 0.15) is 11.9 Å². The topological polar surface area (TPSA) is 78.9 Å². The Kier molecular flexibility index (Phi) is 6.96. The molecule has 148 valence electrons. The number of ether oxygens (including phenoxy) is 1. The van der Waals surface area contributed by atoms with Crippen molar-refractivity contribution in [1.29, 1.82) is 0 Å². The summed E-state index contributed by atoms with van der Waals surface area (Å²) in [4.78, 5) is 25.9. The summed E-state index contributed by atoms with van der Waals surface area (Å²) >= 11 is 6.33. The monoisotopic (exact) mass is 394 g/mol. The Hall–Kier alpha value is -1.79. The molecule has 2 amide bonds. The number of piperidine rings is 1. The van der Waals surface area contributed by atoms with Crippen molar-refractivity contribution in [2.75, 3.05) is 19.7 Å². The van der Waals surface area contributed by atoms with Gasteiger partial charge in [-0.1, -0.05) is 24.4 Å². The van der Waals surface area contributed by atoms with Crippen LogP contribution in [-0.4, -0.2) is 53.7 Å². The lowest BCUT2D eigenvalue weighted by molar-refractivity contribution is -0.133. The zero-order chi connectivity index (χ0) is 19.2. The molecule has 7 heteroatoms. The van der Waals surface area contributed by atoms with Crippen molar-refractivity contribution in [2.45, 2.75) is 57.1 Å². The molecule has 2 N–H and O–H groups in total. The highest BCUT2D eigenvalue weighted by Gasteiger charge is 2.24. The Labute approximate surface area is 164 Å². The number of carbonyl (C=O) groups excluding carboxylic acids is 2. The van der Waals surface area contributed by atoms with Gasteiger partial charge in [0, 0.05) is 44.0 Å². The highest BCUT2D eigenvalue weighted by molar-refractivity contribution is 6.32. The SMILES string of the molecule is O=C(NC1CCCC1)c1ccc(OC2CCN(C(=O)CCO)CC2)c(Cl)c1. The molecule has 2 aliphatic rings. The second kappa shape index (κ2) is 9.42. The summed E-state index contributed by atoms with van der Waals surface area (Å²) in [5.41, 5.74) is 0.545. The van der Waals surface area contributed by atoms with E-state index in [4.69, 9.17) is 21.4 Å². The number of nitrogens with one attached hydrogen (secondary N) is 1. The normalized spacial score (nSPS) is 18.5. The van der Waals surface area contributed by atoms with Gasteiger partial charge in [-0.15, -0.1) is 0 Å². The summed E-state index contributed by atoms with van der Waals surface area (Å²) in [5.74, 6) is 0.451. The molecule has 1 aliphatic heterocycles. The quantitative estimate of drug-likeness (QED) is 0.777. The van der Waals surface area contributed by atoms with Gasteiger partial charge in [-0.05, 0) is 31.0 Å². The molecule has 27 heavy (non-hydrogen) atoms. The van der Waals surface area contributed by atoms with E-state index >= 15 is 0 Å². The van der Waals surface area contributed by atoms with Gasteiger partial charge in [-0.3, -0.25) is 9.59 Å².